The number of hydrogen-bond donors (Lipinski definition) is 5. The average molecular weight is 502 g/mol. The first-order chi connectivity index (χ1) is 17.2. The van der Waals surface area contributed by atoms with Crippen LogP contribution < -0.4 is 0 Å². The van der Waals surface area contributed by atoms with Gasteiger partial charge in [-0.1, -0.05) is 6.07 Å². The van der Waals surface area contributed by atoms with Crippen LogP contribution in [0.5, 0.6) is 11.5 Å². The average Bonchev–Trinajstić information content (AvgIpc) is 3.32. The summed E-state index contributed by atoms with van der Waals surface area (Å²) in [5.74, 6) is -1.46. The molecule has 1 fully saturated rings. The molecule has 36 heavy (non-hydrogen) atoms. The molecule has 1 aliphatic heterocycles. The number of methoxy groups -OCH3 is 1. The molecule has 5 N–H and O–H groups in total. The maximum Gasteiger partial charge on any atom is 0.508 e. The van der Waals surface area contributed by atoms with Crippen LogP contribution >= 0.6 is 0 Å². The second-order valence-corrected chi connectivity index (χ2v) is 8.48. The maximum atomic E-state index is 13.2. The number of aryl methyl sites for hydroxylation is 1. The number of fused-ring (bicyclic) bond motifs is 1. The lowest BCUT2D eigenvalue weighted by Gasteiger charge is -2.41. The van der Waals surface area contributed by atoms with Crippen molar-refractivity contribution in [2.24, 2.45) is 0 Å². The normalized spacial score (nSPS) is 23.9. The molecule has 192 valence electrons. The van der Waals surface area contributed by atoms with Gasteiger partial charge in [-0.25, -0.2) is 4.79 Å². The zero-order chi connectivity index (χ0) is 26.0. The van der Waals surface area contributed by atoms with E-state index in [1.807, 2.05) is 12.1 Å². The van der Waals surface area contributed by atoms with Gasteiger partial charge in [0.2, 0.25) is 0 Å². The Kier molecular flexibility index (Phi) is 7.45. The minimum absolute atomic E-state index is 0.0302. The minimum atomic E-state index is -1.75. The lowest BCUT2D eigenvalue weighted by molar-refractivity contribution is -0.232. The number of hydrogen-bond acceptors (Lipinski definition) is 11. The summed E-state index contributed by atoms with van der Waals surface area (Å²) < 4.78 is 20.2. The zero-order valence-electron chi connectivity index (χ0n) is 19.2. The molecule has 5 atom stereocenters. The summed E-state index contributed by atoms with van der Waals surface area (Å²) in [7, 11) is 1.09. The number of Topliss-reactive ketones (excluding diaryl/α,β-unsaturated/α-hetero) is 1. The van der Waals surface area contributed by atoms with Gasteiger partial charge in [0, 0.05) is 23.4 Å². The number of phenolic OH excluding ortho intramolecular Hbond substituents is 2. The van der Waals surface area contributed by atoms with Gasteiger partial charge < -0.3 is 44.2 Å². The van der Waals surface area contributed by atoms with Gasteiger partial charge in [-0.05, 0) is 36.2 Å². The summed E-state index contributed by atoms with van der Waals surface area (Å²) in [6.07, 6.45) is -7.07. The number of carbonyl (C=O) groups is 2. The van der Waals surface area contributed by atoms with Crippen LogP contribution in [-0.2, 0) is 20.6 Å². The first kappa shape index (κ1) is 25.5. The molecule has 2 heterocycles. The zero-order valence-corrected chi connectivity index (χ0v) is 19.2. The van der Waals surface area contributed by atoms with E-state index in [0.29, 0.717) is 12.0 Å². The number of aliphatic hydroxyl groups is 3. The summed E-state index contributed by atoms with van der Waals surface area (Å²) >= 11 is 0. The Morgan fingerprint density at radius 2 is 1.78 bits per heavy atom. The molecule has 0 radical (unpaired) electrons. The number of ketones is 1. The van der Waals surface area contributed by atoms with E-state index in [1.165, 1.54) is 0 Å². The number of ether oxygens (including phenoxy) is 3. The van der Waals surface area contributed by atoms with Crippen molar-refractivity contribution in [2.75, 3.05) is 13.7 Å². The highest BCUT2D eigenvalue weighted by atomic mass is 16.7. The third-order valence-corrected chi connectivity index (χ3v) is 6.12. The van der Waals surface area contributed by atoms with Gasteiger partial charge in [0.15, 0.2) is 5.78 Å². The van der Waals surface area contributed by atoms with E-state index in [9.17, 15) is 35.1 Å². The van der Waals surface area contributed by atoms with E-state index in [2.05, 4.69) is 4.74 Å². The summed E-state index contributed by atoms with van der Waals surface area (Å²) in [5.41, 5.74) is 1.25. The van der Waals surface area contributed by atoms with Crippen molar-refractivity contribution in [3.8, 4) is 11.5 Å². The SMILES string of the molecule is COC(=O)OCC1OC(c2cc(O)cc(O)c2C(=O)CCc2ccc3occc3c2)C(O)C(O)C1O. The monoisotopic (exact) mass is 502 g/mol. The molecule has 1 aromatic heterocycles. The Hall–Kier alpha value is -3.64. The van der Waals surface area contributed by atoms with Crippen LogP contribution in [0.2, 0.25) is 0 Å². The molecule has 3 aromatic rings. The van der Waals surface area contributed by atoms with E-state index in [4.69, 9.17) is 13.9 Å². The highest BCUT2D eigenvalue weighted by Crippen LogP contribution is 2.39. The summed E-state index contributed by atoms with van der Waals surface area (Å²) in [5, 5.41) is 52.8. The van der Waals surface area contributed by atoms with Gasteiger partial charge in [-0.3, -0.25) is 4.79 Å². The van der Waals surface area contributed by atoms with Crippen molar-refractivity contribution in [3.63, 3.8) is 0 Å². The largest absolute Gasteiger partial charge is 0.508 e. The number of carbonyl (C=O) groups excluding carboxylic acids is 2. The Morgan fingerprint density at radius 1 is 1.00 bits per heavy atom. The van der Waals surface area contributed by atoms with Crippen LogP contribution in [0.15, 0.2) is 47.1 Å². The van der Waals surface area contributed by atoms with Crippen molar-refractivity contribution >= 4 is 22.9 Å². The number of aliphatic hydroxyl groups excluding tert-OH is 3. The van der Waals surface area contributed by atoms with Crippen molar-refractivity contribution in [1.82, 2.24) is 0 Å². The molecule has 0 saturated carbocycles. The molecule has 4 rings (SSSR count). The van der Waals surface area contributed by atoms with Crippen LogP contribution in [-0.4, -0.2) is 75.6 Å². The number of benzene rings is 2. The first-order valence-electron chi connectivity index (χ1n) is 11.1. The molecule has 5 unspecified atom stereocenters. The van der Waals surface area contributed by atoms with E-state index >= 15 is 0 Å². The van der Waals surface area contributed by atoms with Gasteiger partial charge in [-0.15, -0.1) is 0 Å². The van der Waals surface area contributed by atoms with E-state index in [-0.39, 0.29) is 17.5 Å². The van der Waals surface area contributed by atoms with Crippen molar-refractivity contribution in [1.29, 1.82) is 0 Å². The van der Waals surface area contributed by atoms with Crippen molar-refractivity contribution in [3.05, 3.63) is 59.4 Å². The quantitative estimate of drug-likeness (QED) is 0.236. The fraction of sp³-hybridized carbons (Fsp3) is 0.360. The van der Waals surface area contributed by atoms with Gasteiger partial charge in [0.1, 0.15) is 54.2 Å². The Bertz CT molecular complexity index is 1250. The van der Waals surface area contributed by atoms with Gasteiger partial charge >= 0.3 is 6.16 Å². The Balaban J connectivity index is 1.59. The summed E-state index contributed by atoms with van der Waals surface area (Å²) in [4.78, 5) is 24.5. The van der Waals surface area contributed by atoms with Crippen molar-refractivity contribution in [2.45, 2.75) is 43.4 Å². The minimum Gasteiger partial charge on any atom is -0.508 e. The lowest BCUT2D eigenvalue weighted by Crippen LogP contribution is -2.55. The van der Waals surface area contributed by atoms with Gasteiger partial charge in [-0.2, -0.15) is 0 Å². The molecule has 1 saturated heterocycles. The molecule has 0 bridgehead atoms. The topological polar surface area (TPSA) is 176 Å². The molecular weight excluding hydrogens is 476 g/mol. The first-order valence-corrected chi connectivity index (χ1v) is 11.1. The molecular formula is C25H26O11. The van der Waals surface area contributed by atoms with Crippen LogP contribution in [0.3, 0.4) is 0 Å². The van der Waals surface area contributed by atoms with Crippen LogP contribution in [0.4, 0.5) is 4.79 Å². The van der Waals surface area contributed by atoms with E-state index < -0.39 is 60.6 Å². The predicted molar refractivity (Wildman–Crippen MR) is 123 cm³/mol. The summed E-state index contributed by atoms with van der Waals surface area (Å²) in [6, 6.07) is 9.38. The second kappa shape index (κ2) is 10.5. The fourth-order valence-corrected chi connectivity index (χ4v) is 4.27. The van der Waals surface area contributed by atoms with Crippen molar-refractivity contribution < 1.29 is 53.7 Å². The third kappa shape index (κ3) is 5.14. The van der Waals surface area contributed by atoms with Gasteiger partial charge in [0.25, 0.3) is 0 Å². The van der Waals surface area contributed by atoms with E-state index in [0.717, 1.165) is 30.2 Å². The molecule has 0 aliphatic carbocycles. The number of rotatable bonds is 7. The van der Waals surface area contributed by atoms with Crippen LogP contribution in [0.1, 0.15) is 34.0 Å². The number of phenols is 2. The molecule has 11 nitrogen and oxygen atoms in total. The molecule has 0 amide bonds. The summed E-state index contributed by atoms with van der Waals surface area (Å²) in [6.45, 7) is -0.529. The van der Waals surface area contributed by atoms with E-state index in [1.54, 1.807) is 18.4 Å². The molecule has 0 spiro atoms. The highest BCUT2D eigenvalue weighted by molar-refractivity contribution is 6.00. The fourth-order valence-electron chi connectivity index (χ4n) is 4.27. The highest BCUT2D eigenvalue weighted by Gasteiger charge is 2.46. The van der Waals surface area contributed by atoms with Crippen LogP contribution in [0, 0.1) is 0 Å². The molecule has 11 heteroatoms. The second-order valence-electron chi connectivity index (χ2n) is 8.48. The third-order valence-electron chi connectivity index (χ3n) is 6.12. The Labute approximate surface area is 205 Å². The number of furan rings is 1. The Morgan fingerprint density at radius 3 is 2.53 bits per heavy atom. The maximum absolute atomic E-state index is 13.2. The number of aromatic hydroxyl groups is 2. The van der Waals surface area contributed by atoms with Crippen LogP contribution in [0.25, 0.3) is 11.0 Å². The standard InChI is InChI=1S/C25H26O11/c1-33-25(32)35-11-19-21(29)22(30)23(31)24(36-19)15-9-14(26)10-17(28)20(15)16(27)4-2-12-3-5-18-13(8-12)6-7-34-18/h3,5-10,19,21-24,26,28-31H,2,4,11H2,1H3. The molecule has 1 aliphatic rings. The smallest absolute Gasteiger partial charge is 0.508 e. The van der Waals surface area contributed by atoms with Gasteiger partial charge in [0.05, 0.1) is 18.9 Å². The lowest BCUT2D eigenvalue weighted by atomic mass is 9.87. The predicted octanol–water partition coefficient (Wildman–Crippen LogP) is 1.97. The molecule has 2 aromatic carbocycles.